The third kappa shape index (κ3) is 5.27. The predicted molar refractivity (Wildman–Crippen MR) is 129 cm³/mol. The number of para-hydroxylation sites is 2. The van der Waals surface area contributed by atoms with Crippen LogP contribution in [-0.2, 0) is 14.3 Å². The Hall–Kier alpha value is -2.72. The molecule has 2 aliphatic heterocycles. The van der Waals surface area contributed by atoms with Crippen LogP contribution in [0.1, 0.15) is 5.56 Å². The number of hydrogen-bond acceptors (Lipinski definition) is 7. The molecule has 2 heterocycles. The highest BCUT2D eigenvalue weighted by Gasteiger charge is 2.36. The number of nitrogens with zero attached hydrogens (tertiary/aromatic N) is 2. The monoisotopic (exact) mass is 507 g/mol. The number of amides is 3. The lowest BCUT2D eigenvalue weighted by Gasteiger charge is -2.30. The molecule has 0 radical (unpaired) electrons. The van der Waals surface area contributed by atoms with E-state index < -0.39 is 23.6 Å². The van der Waals surface area contributed by atoms with E-state index in [0.717, 1.165) is 10.6 Å². The van der Waals surface area contributed by atoms with Gasteiger partial charge < -0.3 is 20.1 Å². The van der Waals surface area contributed by atoms with Crippen LogP contribution in [0.15, 0.2) is 41.3 Å². The van der Waals surface area contributed by atoms with Gasteiger partial charge in [-0.25, -0.2) is 0 Å². The molecule has 2 saturated heterocycles. The number of carbonyl (C=O) groups excluding carboxylic acids is 3. The molecule has 0 spiro atoms. The van der Waals surface area contributed by atoms with Crippen LogP contribution >= 0.6 is 35.0 Å². The minimum absolute atomic E-state index is 0.0197. The van der Waals surface area contributed by atoms with Crippen LogP contribution in [0.4, 0.5) is 16.2 Å². The van der Waals surface area contributed by atoms with E-state index in [9.17, 15) is 19.5 Å². The van der Waals surface area contributed by atoms with Gasteiger partial charge in [-0.2, -0.15) is 0 Å². The molecule has 2 aliphatic rings. The van der Waals surface area contributed by atoms with Gasteiger partial charge in [0.15, 0.2) is 5.75 Å². The minimum atomic E-state index is -0.595. The number of ether oxygens (including phenoxy) is 1. The number of phenols is 1. The molecule has 3 amide bonds. The Bertz CT molecular complexity index is 1130. The molecule has 2 fully saturated rings. The van der Waals surface area contributed by atoms with Crippen molar-refractivity contribution in [3.8, 4) is 5.75 Å². The van der Waals surface area contributed by atoms with Gasteiger partial charge in [0, 0.05) is 13.1 Å². The molecule has 0 aliphatic carbocycles. The smallest absolute Gasteiger partial charge is 0.294 e. The fraction of sp³-hybridized carbons (Fsp3) is 0.227. The normalized spacial score (nSPS) is 17.7. The molecule has 172 valence electrons. The second-order valence-corrected chi connectivity index (χ2v) is 9.07. The summed E-state index contributed by atoms with van der Waals surface area (Å²) in [6.45, 7) is 2.18. The average molecular weight is 508 g/mol. The van der Waals surface area contributed by atoms with Gasteiger partial charge in [-0.05, 0) is 47.7 Å². The highest BCUT2D eigenvalue weighted by atomic mass is 35.5. The van der Waals surface area contributed by atoms with Crippen LogP contribution in [0.3, 0.4) is 0 Å². The number of phenolic OH excluding ortho intramolecular Hbond substituents is 1. The molecule has 11 heteroatoms. The largest absolute Gasteiger partial charge is 0.505 e. The average Bonchev–Trinajstić information content (AvgIpc) is 3.05. The highest BCUT2D eigenvalue weighted by Crippen LogP contribution is 2.36. The summed E-state index contributed by atoms with van der Waals surface area (Å²) in [5.74, 6) is -1.35. The van der Waals surface area contributed by atoms with Crippen molar-refractivity contribution in [1.82, 2.24) is 4.90 Å². The van der Waals surface area contributed by atoms with Gasteiger partial charge in [0.1, 0.15) is 6.54 Å². The molecular formula is C22H19Cl2N3O5S. The molecule has 0 unspecified atom stereocenters. The van der Waals surface area contributed by atoms with E-state index in [4.69, 9.17) is 27.9 Å². The molecular weight excluding hydrogens is 489 g/mol. The maximum Gasteiger partial charge on any atom is 0.294 e. The molecule has 0 aromatic heterocycles. The zero-order chi connectivity index (χ0) is 23.5. The molecule has 2 N–H and O–H groups in total. The second kappa shape index (κ2) is 10.0. The minimum Gasteiger partial charge on any atom is -0.505 e. The first-order chi connectivity index (χ1) is 15.8. The number of halogens is 2. The summed E-state index contributed by atoms with van der Waals surface area (Å²) in [6, 6.07) is 10.2. The van der Waals surface area contributed by atoms with Crippen molar-refractivity contribution in [1.29, 1.82) is 0 Å². The van der Waals surface area contributed by atoms with Crippen molar-refractivity contribution >= 4 is 69.5 Å². The van der Waals surface area contributed by atoms with Gasteiger partial charge in [-0.15, -0.1) is 0 Å². The van der Waals surface area contributed by atoms with E-state index in [1.54, 1.807) is 12.1 Å². The van der Waals surface area contributed by atoms with E-state index in [-0.39, 0.29) is 20.7 Å². The number of anilines is 2. The lowest BCUT2D eigenvalue weighted by Crippen LogP contribution is -2.38. The maximum atomic E-state index is 12.8. The number of aromatic hydroxyl groups is 1. The fourth-order valence-corrected chi connectivity index (χ4v) is 4.79. The quantitative estimate of drug-likeness (QED) is 0.584. The third-order valence-electron chi connectivity index (χ3n) is 5.04. The first-order valence-electron chi connectivity index (χ1n) is 9.98. The van der Waals surface area contributed by atoms with Crippen molar-refractivity contribution in [2.75, 3.05) is 43.1 Å². The molecule has 33 heavy (non-hydrogen) atoms. The molecule has 2 aromatic rings. The van der Waals surface area contributed by atoms with E-state index in [2.05, 4.69) is 10.2 Å². The molecule has 4 rings (SSSR count). The second-order valence-electron chi connectivity index (χ2n) is 7.27. The number of benzene rings is 2. The SMILES string of the molecule is O=C(CN1C(=O)S/C(=C\c2cc(Cl)c(O)c(Cl)c2)C1=O)Nc1ccccc1N1CCOCC1. The first-order valence-corrected chi connectivity index (χ1v) is 11.6. The van der Waals surface area contributed by atoms with Crippen molar-refractivity contribution < 1.29 is 24.2 Å². The zero-order valence-corrected chi connectivity index (χ0v) is 19.5. The van der Waals surface area contributed by atoms with Crippen molar-refractivity contribution in [3.63, 3.8) is 0 Å². The third-order valence-corrected chi connectivity index (χ3v) is 6.53. The summed E-state index contributed by atoms with van der Waals surface area (Å²) in [4.78, 5) is 41.0. The van der Waals surface area contributed by atoms with Gasteiger partial charge >= 0.3 is 0 Å². The van der Waals surface area contributed by atoms with Crippen LogP contribution in [0.25, 0.3) is 6.08 Å². The molecule has 0 atom stereocenters. The maximum absolute atomic E-state index is 12.8. The fourth-order valence-electron chi connectivity index (χ4n) is 3.45. The summed E-state index contributed by atoms with van der Waals surface area (Å²) in [7, 11) is 0. The van der Waals surface area contributed by atoms with Crippen molar-refractivity contribution in [3.05, 3.63) is 56.9 Å². The topological polar surface area (TPSA) is 99.2 Å². The van der Waals surface area contributed by atoms with Gasteiger partial charge in [-0.3, -0.25) is 19.3 Å². The molecule has 0 saturated carbocycles. The van der Waals surface area contributed by atoms with E-state index in [1.165, 1.54) is 18.2 Å². The van der Waals surface area contributed by atoms with Gasteiger partial charge in [0.25, 0.3) is 11.1 Å². The van der Waals surface area contributed by atoms with Crippen LogP contribution in [0.2, 0.25) is 10.0 Å². The van der Waals surface area contributed by atoms with Gasteiger partial charge in [-0.1, -0.05) is 35.3 Å². The summed E-state index contributed by atoms with van der Waals surface area (Å²) >= 11 is 12.5. The predicted octanol–water partition coefficient (Wildman–Crippen LogP) is 4.21. The molecule has 8 nitrogen and oxygen atoms in total. The van der Waals surface area contributed by atoms with Crippen molar-refractivity contribution in [2.45, 2.75) is 0 Å². The lowest BCUT2D eigenvalue weighted by atomic mass is 10.2. The van der Waals surface area contributed by atoms with Crippen molar-refractivity contribution in [2.24, 2.45) is 0 Å². The standard InChI is InChI=1S/C22H19Cl2N3O5S/c23-14-9-13(10-15(24)20(14)29)11-18-21(30)27(22(31)33-18)12-19(28)25-16-3-1-2-4-17(16)26-5-7-32-8-6-26/h1-4,9-11,29H,5-8,12H2,(H,25,28)/b18-11-. The summed E-state index contributed by atoms with van der Waals surface area (Å²) in [5.41, 5.74) is 1.89. The van der Waals surface area contributed by atoms with Gasteiger partial charge in [0.2, 0.25) is 5.91 Å². The number of rotatable bonds is 5. The Labute approximate surface area is 204 Å². The number of hydrogen-bond donors (Lipinski definition) is 2. The summed E-state index contributed by atoms with van der Waals surface area (Å²) in [6.07, 6.45) is 1.44. The Morgan fingerprint density at radius 2 is 1.82 bits per heavy atom. The number of thioether (sulfide) groups is 1. The Morgan fingerprint density at radius 1 is 1.15 bits per heavy atom. The van der Waals surface area contributed by atoms with Crippen LogP contribution in [-0.4, -0.2) is 59.9 Å². The molecule has 2 aromatic carbocycles. The number of nitrogens with one attached hydrogen (secondary N) is 1. The number of carbonyl (C=O) groups is 3. The Kier molecular flexibility index (Phi) is 7.14. The summed E-state index contributed by atoms with van der Waals surface area (Å²) < 4.78 is 5.38. The lowest BCUT2D eigenvalue weighted by molar-refractivity contribution is -0.127. The number of morpholine rings is 1. The number of imide groups is 1. The van der Waals surface area contributed by atoms with Crippen LogP contribution < -0.4 is 10.2 Å². The molecule has 0 bridgehead atoms. The Morgan fingerprint density at radius 3 is 2.52 bits per heavy atom. The van der Waals surface area contributed by atoms with E-state index in [0.29, 0.717) is 49.3 Å². The van der Waals surface area contributed by atoms with Crippen LogP contribution in [0, 0.1) is 0 Å². The highest BCUT2D eigenvalue weighted by molar-refractivity contribution is 8.18. The van der Waals surface area contributed by atoms with Crippen LogP contribution in [0.5, 0.6) is 5.75 Å². The Balaban J connectivity index is 1.46. The van der Waals surface area contributed by atoms with Gasteiger partial charge in [0.05, 0.1) is 39.5 Å². The zero-order valence-electron chi connectivity index (χ0n) is 17.2. The first kappa shape index (κ1) is 23.4. The van der Waals surface area contributed by atoms with E-state index >= 15 is 0 Å². The summed E-state index contributed by atoms with van der Waals surface area (Å²) in [5, 5.41) is 12.0. The van der Waals surface area contributed by atoms with E-state index in [1.807, 2.05) is 12.1 Å².